The highest BCUT2D eigenvalue weighted by molar-refractivity contribution is 7.90. The lowest BCUT2D eigenvalue weighted by Gasteiger charge is -2.24. The lowest BCUT2D eigenvalue weighted by molar-refractivity contribution is 0.189. The van der Waals surface area contributed by atoms with Crippen molar-refractivity contribution in [1.82, 2.24) is 4.31 Å². The van der Waals surface area contributed by atoms with Crippen molar-refractivity contribution in [2.24, 2.45) is 11.8 Å². The van der Waals surface area contributed by atoms with Gasteiger partial charge < -0.3 is 4.74 Å². The van der Waals surface area contributed by atoms with Crippen molar-refractivity contribution in [1.29, 1.82) is 0 Å². The Hall–Kier alpha value is -0.130. The monoisotopic (exact) mass is 259 g/mol. The molecule has 4 nitrogen and oxygen atoms in total. The van der Waals surface area contributed by atoms with Crippen molar-refractivity contribution in [3.63, 3.8) is 0 Å². The molecule has 0 bridgehead atoms. The third-order valence-corrected chi connectivity index (χ3v) is 7.39. The van der Waals surface area contributed by atoms with Gasteiger partial charge in [-0.25, -0.2) is 12.7 Å². The second-order valence-corrected chi connectivity index (χ2v) is 8.22. The minimum Gasteiger partial charge on any atom is -0.383 e. The van der Waals surface area contributed by atoms with Gasteiger partial charge in [0.05, 0.1) is 6.61 Å². The van der Waals surface area contributed by atoms with Crippen molar-refractivity contribution >= 4 is 10.0 Å². The SMILES string of the molecule is COCC1(S(=O)(=O)N2C[C@H]3CCC[C@H]3C2)CC1. The van der Waals surface area contributed by atoms with Gasteiger partial charge in [0.15, 0.2) is 0 Å². The van der Waals surface area contributed by atoms with Crippen molar-refractivity contribution in [2.75, 3.05) is 26.8 Å². The Bertz CT molecular complexity index is 390. The summed E-state index contributed by atoms with van der Waals surface area (Å²) in [5.41, 5.74) is 0. The summed E-state index contributed by atoms with van der Waals surface area (Å²) in [7, 11) is -1.53. The van der Waals surface area contributed by atoms with Crippen LogP contribution in [0.3, 0.4) is 0 Å². The van der Waals surface area contributed by atoms with Crippen molar-refractivity contribution < 1.29 is 13.2 Å². The molecule has 0 aromatic rings. The molecule has 0 unspecified atom stereocenters. The van der Waals surface area contributed by atoms with Crippen LogP contribution in [0, 0.1) is 11.8 Å². The van der Waals surface area contributed by atoms with E-state index in [-0.39, 0.29) is 0 Å². The Morgan fingerprint density at radius 3 is 2.29 bits per heavy atom. The molecule has 17 heavy (non-hydrogen) atoms. The van der Waals surface area contributed by atoms with E-state index in [9.17, 15) is 8.42 Å². The molecule has 0 amide bonds. The Morgan fingerprint density at radius 1 is 1.24 bits per heavy atom. The standard InChI is InChI=1S/C12H21NO3S/c1-16-9-12(5-6-12)17(14,15)13-7-10-3-2-4-11(10)8-13/h10-11H,2-9H2,1H3/t10-,11+. The van der Waals surface area contributed by atoms with E-state index in [2.05, 4.69) is 0 Å². The smallest absolute Gasteiger partial charge is 0.222 e. The first kappa shape index (κ1) is 11.9. The zero-order valence-corrected chi connectivity index (χ0v) is 11.2. The van der Waals surface area contributed by atoms with Gasteiger partial charge in [-0.15, -0.1) is 0 Å². The topological polar surface area (TPSA) is 46.6 Å². The summed E-state index contributed by atoms with van der Waals surface area (Å²) in [6.07, 6.45) is 5.26. The number of hydrogen-bond acceptors (Lipinski definition) is 3. The highest BCUT2D eigenvalue weighted by Gasteiger charge is 2.58. The molecule has 5 heteroatoms. The number of rotatable bonds is 4. The van der Waals surface area contributed by atoms with E-state index < -0.39 is 14.8 Å². The number of ether oxygens (including phenoxy) is 1. The molecule has 1 heterocycles. The highest BCUT2D eigenvalue weighted by atomic mass is 32.2. The molecule has 2 aliphatic carbocycles. The zero-order valence-electron chi connectivity index (χ0n) is 10.4. The predicted octanol–water partition coefficient (Wildman–Crippen LogP) is 1.23. The van der Waals surface area contributed by atoms with Crippen LogP contribution in [0.25, 0.3) is 0 Å². The van der Waals surface area contributed by atoms with Crippen LogP contribution in [0.4, 0.5) is 0 Å². The molecule has 0 spiro atoms. The van der Waals surface area contributed by atoms with E-state index in [4.69, 9.17) is 4.74 Å². The fraction of sp³-hybridized carbons (Fsp3) is 1.00. The van der Waals surface area contributed by atoms with E-state index >= 15 is 0 Å². The Labute approximate surface area is 103 Å². The fourth-order valence-corrected chi connectivity index (χ4v) is 5.75. The van der Waals surface area contributed by atoms with Gasteiger partial charge >= 0.3 is 0 Å². The number of methoxy groups -OCH3 is 1. The number of hydrogen-bond donors (Lipinski definition) is 0. The first-order valence-corrected chi connectivity index (χ1v) is 8.02. The molecule has 1 saturated heterocycles. The van der Waals surface area contributed by atoms with Crippen LogP contribution >= 0.6 is 0 Å². The summed E-state index contributed by atoms with van der Waals surface area (Å²) in [4.78, 5) is 0. The number of sulfonamides is 1. The molecule has 3 rings (SSSR count). The Morgan fingerprint density at radius 2 is 1.82 bits per heavy atom. The minimum atomic E-state index is -3.12. The molecule has 3 fully saturated rings. The van der Waals surface area contributed by atoms with Crippen LogP contribution in [0.2, 0.25) is 0 Å². The maximum atomic E-state index is 12.6. The van der Waals surface area contributed by atoms with Gasteiger partial charge in [-0.3, -0.25) is 0 Å². The van der Waals surface area contributed by atoms with Crippen LogP contribution in [-0.2, 0) is 14.8 Å². The summed E-state index contributed by atoms with van der Waals surface area (Å²) in [6.45, 7) is 1.89. The second-order valence-electron chi connectivity index (χ2n) is 5.89. The van der Waals surface area contributed by atoms with Gasteiger partial charge in [0.1, 0.15) is 4.75 Å². The maximum Gasteiger partial charge on any atom is 0.222 e. The molecule has 0 radical (unpaired) electrons. The van der Waals surface area contributed by atoms with Crippen LogP contribution in [0.1, 0.15) is 32.1 Å². The quantitative estimate of drug-likeness (QED) is 0.763. The minimum absolute atomic E-state index is 0.362. The largest absolute Gasteiger partial charge is 0.383 e. The molecule has 3 aliphatic rings. The molecule has 0 N–H and O–H groups in total. The van der Waals surface area contributed by atoms with Crippen LogP contribution in [0.15, 0.2) is 0 Å². The van der Waals surface area contributed by atoms with E-state index in [0.29, 0.717) is 18.4 Å². The zero-order chi connectivity index (χ0) is 12.1. The fourth-order valence-electron chi connectivity index (χ4n) is 3.54. The Balaban J connectivity index is 1.76. The number of nitrogens with zero attached hydrogens (tertiary/aromatic N) is 1. The summed E-state index contributed by atoms with van der Waals surface area (Å²) < 4.78 is 31.5. The predicted molar refractivity (Wildman–Crippen MR) is 65.2 cm³/mol. The van der Waals surface area contributed by atoms with Gasteiger partial charge in [0.2, 0.25) is 10.0 Å². The van der Waals surface area contributed by atoms with Gasteiger partial charge in [-0.1, -0.05) is 6.42 Å². The first-order chi connectivity index (χ1) is 8.09. The van der Waals surface area contributed by atoms with Crippen LogP contribution < -0.4 is 0 Å². The molecule has 2 atom stereocenters. The third-order valence-electron chi connectivity index (χ3n) is 4.79. The average molecular weight is 259 g/mol. The normalized spacial score (nSPS) is 36.1. The van der Waals surface area contributed by atoms with E-state index in [1.165, 1.54) is 19.3 Å². The molecule has 1 aliphatic heterocycles. The van der Waals surface area contributed by atoms with Gasteiger partial charge in [-0.2, -0.15) is 0 Å². The lowest BCUT2D eigenvalue weighted by Crippen LogP contribution is -2.41. The molecular formula is C12H21NO3S. The highest BCUT2D eigenvalue weighted by Crippen LogP contribution is 2.48. The summed E-state index contributed by atoms with van der Waals surface area (Å²) in [5.74, 6) is 1.26. The molecular weight excluding hydrogens is 238 g/mol. The van der Waals surface area contributed by atoms with E-state index in [1.54, 1.807) is 11.4 Å². The lowest BCUT2D eigenvalue weighted by atomic mass is 10.0. The van der Waals surface area contributed by atoms with Crippen molar-refractivity contribution in [3.05, 3.63) is 0 Å². The van der Waals surface area contributed by atoms with Crippen LogP contribution in [-0.4, -0.2) is 44.3 Å². The van der Waals surface area contributed by atoms with E-state index in [0.717, 1.165) is 25.9 Å². The van der Waals surface area contributed by atoms with Crippen molar-refractivity contribution in [3.8, 4) is 0 Å². The van der Waals surface area contributed by atoms with E-state index in [1.807, 2.05) is 0 Å². The maximum absolute atomic E-state index is 12.6. The summed E-state index contributed by atoms with van der Waals surface area (Å²) in [6, 6.07) is 0. The molecule has 0 aromatic carbocycles. The average Bonchev–Trinajstić information content (AvgIpc) is 2.77. The number of fused-ring (bicyclic) bond motifs is 1. The van der Waals surface area contributed by atoms with Gasteiger partial charge in [-0.05, 0) is 37.5 Å². The van der Waals surface area contributed by atoms with Crippen molar-refractivity contribution in [2.45, 2.75) is 36.9 Å². The Kier molecular flexibility index (Phi) is 2.76. The summed E-state index contributed by atoms with van der Waals surface area (Å²) in [5, 5.41) is 0. The second kappa shape index (κ2) is 3.93. The summed E-state index contributed by atoms with van der Waals surface area (Å²) >= 11 is 0. The molecule has 2 saturated carbocycles. The molecule has 98 valence electrons. The first-order valence-electron chi connectivity index (χ1n) is 6.58. The molecule has 0 aromatic heterocycles. The van der Waals surface area contributed by atoms with Gasteiger partial charge in [0.25, 0.3) is 0 Å². The van der Waals surface area contributed by atoms with Gasteiger partial charge in [0, 0.05) is 20.2 Å². The third kappa shape index (κ3) is 1.74. The van der Waals surface area contributed by atoms with Crippen LogP contribution in [0.5, 0.6) is 0 Å².